The van der Waals surface area contributed by atoms with Gasteiger partial charge in [0.1, 0.15) is 0 Å². The topological polar surface area (TPSA) is 176 Å². The number of aliphatic hydroxyl groups is 4. The Hall–Kier alpha value is 1.64. The third-order valence-electron chi connectivity index (χ3n) is 0.447. The van der Waals surface area contributed by atoms with Crippen molar-refractivity contribution in [2.75, 3.05) is 52.6 Å². The van der Waals surface area contributed by atoms with Crippen LogP contribution in [0.25, 0.3) is 22.9 Å². The number of halogens is 2. The summed E-state index contributed by atoms with van der Waals surface area (Å²) in [5.41, 5.74) is 24.8. The molecular weight excluding hydrogens is 677 g/mol. The maximum Gasteiger partial charge on any atom is 2.00 e. The summed E-state index contributed by atoms with van der Waals surface area (Å²) in [7, 11) is 9.75. The molecule has 0 aromatic heterocycles. The zero-order valence-electron chi connectivity index (χ0n) is 10.8. The van der Waals surface area contributed by atoms with Gasteiger partial charge in [0.05, 0.1) is 0 Å². The third kappa shape index (κ3) is 215. The molecule has 0 fully saturated rings. The van der Waals surface area contributed by atoms with Crippen LogP contribution in [-0.4, -0.2) is 73.0 Å². The van der Waals surface area contributed by atoms with Crippen molar-refractivity contribution >= 4 is 18.8 Å². The van der Waals surface area contributed by atoms with Crippen molar-refractivity contribution in [1.82, 2.24) is 0 Å². The summed E-state index contributed by atoms with van der Waals surface area (Å²) in [4.78, 5) is 0. The summed E-state index contributed by atoms with van der Waals surface area (Å²) in [6.45, 7) is 0.444. The summed E-state index contributed by atoms with van der Waals surface area (Å²) in [5.74, 6) is 0. The normalized spacial score (nSPS) is 7.10. The Morgan fingerprint density at radius 3 is 0.650 bits per heavy atom. The van der Waals surface area contributed by atoms with Crippen molar-refractivity contribution in [3.8, 4) is 0 Å². The Morgan fingerprint density at radius 2 is 0.650 bits per heavy atom. The predicted octanol–water partition coefficient (Wildman–Crippen LogP) is 1.50. The Labute approximate surface area is 151 Å². The van der Waals surface area contributed by atoms with Crippen LogP contribution in [0.1, 0.15) is 0 Å². The van der Waals surface area contributed by atoms with Crippen LogP contribution in [0.2, 0.25) is 0 Å². The van der Waals surface area contributed by atoms with Gasteiger partial charge in [0.25, 0.3) is 0 Å². The molecule has 0 radical (unpaired) electrons. The Bertz CT molecular complexity index is 75.5. The molecule has 0 aliphatic heterocycles. The quantitative estimate of drug-likeness (QED) is 0.348. The smallest absolute Gasteiger partial charge is 0.676 e. The van der Waals surface area contributed by atoms with Crippen LogP contribution < -0.4 is 0 Å². The molecule has 0 heterocycles. The van der Waals surface area contributed by atoms with E-state index in [4.69, 9.17) is 62.2 Å². The maximum atomic E-state index is 7.69. The van der Waals surface area contributed by atoms with E-state index in [0.29, 0.717) is 0 Å². The van der Waals surface area contributed by atoms with Gasteiger partial charge in [-0.3, -0.25) is 0 Å². The predicted molar refractivity (Wildman–Crippen MR) is 76.8 cm³/mol. The van der Waals surface area contributed by atoms with Crippen LogP contribution in [0.4, 0.5) is 0 Å². The van der Waals surface area contributed by atoms with E-state index in [1.54, 1.807) is 0 Å². The number of nitrogens with one attached hydrogen (secondary N) is 4. The molecule has 0 unspecified atom stereocenters. The fraction of sp³-hybridized carbons (Fsp3) is 1.00. The molecule has 134 valence electrons. The SMILES string of the molecule is [Cl][Pt+2][Cl].[NH-]CCO.[NH-]CCO.[NH-]CCO.[NH-]CCO.[Pt+2]. The van der Waals surface area contributed by atoms with E-state index in [0.717, 1.165) is 0 Å². The minimum absolute atomic E-state index is 0. The Morgan fingerprint density at radius 1 is 0.600 bits per heavy atom. The van der Waals surface area contributed by atoms with Crippen LogP contribution in [0.3, 0.4) is 0 Å². The molecule has 0 aromatic rings. The molecule has 0 rings (SSSR count). The molecule has 0 atom stereocenters. The van der Waals surface area contributed by atoms with Crippen LogP contribution in [-0.2, 0) is 37.5 Å². The van der Waals surface area contributed by atoms with Gasteiger partial charge in [0.15, 0.2) is 0 Å². The molecule has 0 aliphatic carbocycles. The van der Waals surface area contributed by atoms with E-state index in [9.17, 15) is 0 Å². The van der Waals surface area contributed by atoms with Crippen LogP contribution >= 0.6 is 18.8 Å². The van der Waals surface area contributed by atoms with E-state index in [2.05, 4.69) is 0 Å². The molecule has 0 aliphatic rings. The minimum atomic E-state index is -0.472. The van der Waals surface area contributed by atoms with Crippen LogP contribution in [0, 0.1) is 0 Å². The molecule has 0 saturated carbocycles. The molecule has 20 heavy (non-hydrogen) atoms. The number of hydrogen-bond acceptors (Lipinski definition) is 4. The summed E-state index contributed by atoms with van der Waals surface area (Å²) >= 11 is -0.472. The maximum absolute atomic E-state index is 7.69. The molecule has 0 aromatic carbocycles. The first-order chi connectivity index (χ1) is 9.07. The summed E-state index contributed by atoms with van der Waals surface area (Å²) in [5, 5.41) is 30.8. The first-order valence-electron chi connectivity index (χ1n) is 4.92. The fourth-order valence-electron chi connectivity index (χ4n) is 0. The van der Waals surface area contributed by atoms with Crippen molar-refractivity contribution in [1.29, 1.82) is 0 Å². The number of rotatable bonds is 4. The molecule has 0 amide bonds. The second-order valence-electron chi connectivity index (χ2n) is 1.94. The van der Waals surface area contributed by atoms with Crippen LogP contribution in [0.15, 0.2) is 0 Å². The van der Waals surface area contributed by atoms with E-state index in [-0.39, 0.29) is 73.7 Å². The largest absolute Gasteiger partial charge is 2.00 e. The average Bonchev–Trinajstić information content (AvgIpc) is 2.48. The molecule has 0 spiro atoms. The standard InChI is InChI=1S/4C2H6NO.2ClH.2Pt/c4*3-1-2-4;;;;/h4*3-4H,1-2H2;2*1H;;/q4*-1;;;+2;+4/p-2. The molecule has 8 nitrogen and oxygen atoms in total. The van der Waals surface area contributed by atoms with Crippen molar-refractivity contribution in [2.24, 2.45) is 0 Å². The van der Waals surface area contributed by atoms with Gasteiger partial charge in [-0.25, -0.2) is 0 Å². The molecule has 0 bridgehead atoms. The second-order valence-corrected chi connectivity index (χ2v) is 5.22. The Kier molecular flexibility index (Phi) is 133. The van der Waals surface area contributed by atoms with Gasteiger partial charge in [0, 0.05) is 26.4 Å². The number of hydrogen-bond donors (Lipinski definition) is 4. The van der Waals surface area contributed by atoms with Gasteiger partial charge in [0.2, 0.25) is 0 Å². The zero-order chi connectivity index (χ0) is 16.4. The van der Waals surface area contributed by atoms with Gasteiger partial charge in [-0.1, -0.05) is 0 Å². The van der Waals surface area contributed by atoms with Gasteiger partial charge < -0.3 is 43.4 Å². The van der Waals surface area contributed by atoms with Gasteiger partial charge in [-0.15, -0.1) is 26.2 Å². The monoisotopic (exact) mass is 700 g/mol. The van der Waals surface area contributed by atoms with Gasteiger partial charge in [-0.05, 0) is 0 Å². The van der Waals surface area contributed by atoms with E-state index in [1.807, 2.05) is 0 Å². The van der Waals surface area contributed by atoms with Crippen molar-refractivity contribution in [3.63, 3.8) is 0 Å². The molecular formula is C8H24Cl2N4O4Pt2. The number of aliphatic hydroxyl groups excluding tert-OH is 4. The molecule has 12 heteroatoms. The van der Waals surface area contributed by atoms with Gasteiger partial charge >= 0.3 is 56.4 Å². The summed E-state index contributed by atoms with van der Waals surface area (Å²) < 4.78 is 0. The van der Waals surface area contributed by atoms with Crippen molar-refractivity contribution in [3.05, 3.63) is 22.9 Å². The molecule has 8 N–H and O–H groups in total. The Balaban J connectivity index is -0.0000000304. The summed E-state index contributed by atoms with van der Waals surface area (Å²) in [6.07, 6.45) is 0. The van der Waals surface area contributed by atoms with E-state index < -0.39 is 16.5 Å². The average molecular weight is 701 g/mol. The van der Waals surface area contributed by atoms with Gasteiger partial charge in [-0.2, -0.15) is 0 Å². The summed E-state index contributed by atoms with van der Waals surface area (Å²) in [6, 6.07) is 0. The van der Waals surface area contributed by atoms with Crippen molar-refractivity contribution in [2.45, 2.75) is 0 Å². The zero-order valence-corrected chi connectivity index (χ0v) is 16.9. The van der Waals surface area contributed by atoms with Crippen LogP contribution in [0.5, 0.6) is 0 Å². The molecule has 0 saturated heterocycles. The van der Waals surface area contributed by atoms with E-state index >= 15 is 0 Å². The second kappa shape index (κ2) is 70.3. The first kappa shape index (κ1) is 37.7. The van der Waals surface area contributed by atoms with Crippen molar-refractivity contribution < 1.29 is 58.0 Å². The first-order valence-corrected chi connectivity index (χ1v) is 10.5. The van der Waals surface area contributed by atoms with E-state index in [1.165, 1.54) is 0 Å². The minimum Gasteiger partial charge on any atom is -0.676 e. The fourth-order valence-corrected chi connectivity index (χ4v) is 0. The third-order valence-corrected chi connectivity index (χ3v) is 0.447.